The van der Waals surface area contributed by atoms with Gasteiger partial charge in [-0.25, -0.2) is 0 Å². The summed E-state index contributed by atoms with van der Waals surface area (Å²) in [7, 11) is 4.41. The monoisotopic (exact) mass is 260 g/mol. The molecule has 2 heterocycles. The number of nitrogens with zero attached hydrogens (tertiary/aromatic N) is 1. The van der Waals surface area contributed by atoms with Crippen molar-refractivity contribution in [2.45, 2.75) is 12.5 Å². The van der Waals surface area contributed by atoms with Gasteiger partial charge in [-0.2, -0.15) is 0 Å². The topological polar surface area (TPSA) is 15.3 Å². The Kier molecular flexibility index (Phi) is 3.37. The molecule has 96 valence electrons. The van der Waals surface area contributed by atoms with Crippen molar-refractivity contribution in [3.8, 4) is 0 Å². The molecule has 0 spiro atoms. The number of fused-ring (bicyclic) bond motifs is 1. The van der Waals surface area contributed by atoms with E-state index in [1.54, 1.807) is 0 Å². The van der Waals surface area contributed by atoms with Crippen LogP contribution in [0.5, 0.6) is 0 Å². The molecule has 1 aromatic carbocycles. The first-order valence-corrected chi connectivity index (χ1v) is 7.48. The Labute approximate surface area is 113 Å². The molecule has 1 aromatic heterocycles. The highest BCUT2D eigenvalue weighted by atomic mass is 32.1. The van der Waals surface area contributed by atoms with Crippen LogP contribution >= 0.6 is 11.3 Å². The van der Waals surface area contributed by atoms with Crippen LogP contribution in [0.1, 0.15) is 18.0 Å². The number of benzene rings is 1. The van der Waals surface area contributed by atoms with Crippen LogP contribution in [0.4, 0.5) is 0 Å². The maximum Gasteiger partial charge on any atom is 0.0397 e. The van der Waals surface area contributed by atoms with E-state index < -0.39 is 0 Å². The van der Waals surface area contributed by atoms with Crippen LogP contribution in [0.2, 0.25) is 0 Å². The lowest BCUT2D eigenvalue weighted by Crippen LogP contribution is -2.28. The van der Waals surface area contributed by atoms with Gasteiger partial charge in [0, 0.05) is 10.7 Å². The predicted octanol–water partition coefficient (Wildman–Crippen LogP) is 3.11. The molecule has 1 aliphatic rings. The van der Waals surface area contributed by atoms with Crippen LogP contribution < -0.4 is 5.32 Å². The molecule has 2 nitrogen and oxygen atoms in total. The molecule has 2 aromatic rings. The molecule has 1 fully saturated rings. The third-order valence-electron chi connectivity index (χ3n) is 3.93. The van der Waals surface area contributed by atoms with Gasteiger partial charge in [-0.3, -0.25) is 0 Å². The summed E-state index contributed by atoms with van der Waals surface area (Å²) < 4.78 is 1.41. The summed E-state index contributed by atoms with van der Waals surface area (Å²) in [6.45, 7) is 2.31. The van der Waals surface area contributed by atoms with Gasteiger partial charge in [0.25, 0.3) is 0 Å². The van der Waals surface area contributed by atoms with Gasteiger partial charge in [0.05, 0.1) is 0 Å². The third kappa shape index (κ3) is 2.07. The largest absolute Gasteiger partial charge is 0.316 e. The quantitative estimate of drug-likeness (QED) is 0.912. The Balaban J connectivity index is 2.03. The highest BCUT2D eigenvalue weighted by Gasteiger charge is 2.29. The van der Waals surface area contributed by atoms with Crippen molar-refractivity contribution in [2.75, 3.05) is 27.2 Å². The summed E-state index contributed by atoms with van der Waals surface area (Å²) in [5.41, 5.74) is 1.51. The van der Waals surface area contributed by atoms with Gasteiger partial charge in [0.2, 0.25) is 0 Å². The van der Waals surface area contributed by atoms with E-state index in [1.165, 1.54) is 22.1 Å². The summed E-state index contributed by atoms with van der Waals surface area (Å²) in [6, 6.07) is 9.31. The zero-order chi connectivity index (χ0) is 12.5. The average molecular weight is 260 g/mol. The molecule has 3 rings (SSSR count). The molecule has 3 heteroatoms. The van der Waals surface area contributed by atoms with Crippen molar-refractivity contribution < 1.29 is 0 Å². The molecular formula is C15H20N2S. The molecule has 1 N–H and O–H groups in total. The van der Waals surface area contributed by atoms with Gasteiger partial charge >= 0.3 is 0 Å². The average Bonchev–Trinajstić information content (AvgIpc) is 3.00. The lowest BCUT2D eigenvalue weighted by Gasteiger charge is -2.29. The maximum atomic E-state index is 3.49. The lowest BCUT2D eigenvalue weighted by molar-refractivity contribution is 0.225. The lowest BCUT2D eigenvalue weighted by atomic mass is 9.91. The molecular weight excluding hydrogens is 240 g/mol. The second kappa shape index (κ2) is 5.00. The molecule has 0 amide bonds. The standard InChI is InChI=1S/C15H20N2S/c1-17(2)15(11-7-8-16-9-11)13-10-18-14-6-4-3-5-12(13)14/h3-6,10-11,15-16H,7-9H2,1-2H3. The van der Waals surface area contributed by atoms with Gasteiger partial charge in [-0.15, -0.1) is 11.3 Å². The van der Waals surface area contributed by atoms with Crippen LogP contribution in [0.3, 0.4) is 0 Å². The summed E-state index contributed by atoms with van der Waals surface area (Å²) >= 11 is 1.87. The summed E-state index contributed by atoms with van der Waals surface area (Å²) in [6.07, 6.45) is 1.28. The summed E-state index contributed by atoms with van der Waals surface area (Å²) in [4.78, 5) is 2.38. The SMILES string of the molecule is CN(C)C(c1csc2ccccc12)C1CCNC1. The first-order valence-electron chi connectivity index (χ1n) is 6.60. The predicted molar refractivity (Wildman–Crippen MR) is 79.2 cm³/mol. The number of hydrogen-bond donors (Lipinski definition) is 1. The van der Waals surface area contributed by atoms with Crippen molar-refractivity contribution in [3.63, 3.8) is 0 Å². The highest BCUT2D eigenvalue weighted by molar-refractivity contribution is 7.17. The molecule has 0 saturated carbocycles. The highest BCUT2D eigenvalue weighted by Crippen LogP contribution is 2.38. The van der Waals surface area contributed by atoms with Crippen LogP contribution in [-0.2, 0) is 0 Å². The van der Waals surface area contributed by atoms with Crippen molar-refractivity contribution in [2.24, 2.45) is 5.92 Å². The van der Waals surface area contributed by atoms with Crippen LogP contribution in [0.25, 0.3) is 10.1 Å². The van der Waals surface area contributed by atoms with Crippen molar-refractivity contribution >= 4 is 21.4 Å². The van der Waals surface area contributed by atoms with Gasteiger partial charge in [-0.1, -0.05) is 18.2 Å². The van der Waals surface area contributed by atoms with Gasteiger partial charge in [-0.05, 0) is 61.9 Å². The van der Waals surface area contributed by atoms with Gasteiger partial charge < -0.3 is 10.2 Å². The number of nitrogens with one attached hydrogen (secondary N) is 1. The Bertz CT molecular complexity index is 526. The van der Waals surface area contributed by atoms with E-state index in [-0.39, 0.29) is 0 Å². The van der Waals surface area contributed by atoms with E-state index in [9.17, 15) is 0 Å². The molecule has 1 aliphatic heterocycles. The minimum atomic E-state index is 0.538. The smallest absolute Gasteiger partial charge is 0.0397 e. The fourth-order valence-corrected chi connectivity index (χ4v) is 4.12. The third-order valence-corrected chi connectivity index (χ3v) is 4.91. The molecule has 0 aliphatic carbocycles. The number of hydrogen-bond acceptors (Lipinski definition) is 3. The van der Waals surface area contributed by atoms with E-state index in [0.717, 1.165) is 19.0 Å². The van der Waals surface area contributed by atoms with E-state index in [0.29, 0.717) is 6.04 Å². The molecule has 2 atom stereocenters. The minimum Gasteiger partial charge on any atom is -0.316 e. The molecule has 0 bridgehead atoms. The normalized spacial score (nSPS) is 21.8. The minimum absolute atomic E-state index is 0.538. The first kappa shape index (κ1) is 12.2. The van der Waals surface area contributed by atoms with E-state index in [4.69, 9.17) is 0 Å². The van der Waals surface area contributed by atoms with Crippen molar-refractivity contribution in [1.29, 1.82) is 0 Å². The van der Waals surface area contributed by atoms with Crippen LogP contribution in [0, 0.1) is 5.92 Å². The Hall–Kier alpha value is -0.900. The summed E-state index contributed by atoms with van der Waals surface area (Å²) in [5.74, 6) is 0.734. The fraction of sp³-hybridized carbons (Fsp3) is 0.467. The molecule has 18 heavy (non-hydrogen) atoms. The Morgan fingerprint density at radius 3 is 2.89 bits per heavy atom. The summed E-state index contributed by atoms with van der Waals surface area (Å²) in [5, 5.41) is 7.29. The van der Waals surface area contributed by atoms with E-state index in [1.807, 2.05) is 11.3 Å². The van der Waals surface area contributed by atoms with E-state index in [2.05, 4.69) is 54.0 Å². The fourth-order valence-electron chi connectivity index (χ4n) is 3.13. The molecule has 0 radical (unpaired) electrons. The Morgan fingerprint density at radius 1 is 1.33 bits per heavy atom. The van der Waals surface area contributed by atoms with E-state index >= 15 is 0 Å². The Morgan fingerprint density at radius 2 is 2.17 bits per heavy atom. The zero-order valence-corrected chi connectivity index (χ0v) is 11.8. The number of rotatable bonds is 3. The van der Waals surface area contributed by atoms with Crippen LogP contribution in [-0.4, -0.2) is 32.1 Å². The van der Waals surface area contributed by atoms with Crippen molar-refractivity contribution in [1.82, 2.24) is 10.2 Å². The van der Waals surface area contributed by atoms with Gasteiger partial charge in [0.1, 0.15) is 0 Å². The molecule has 2 unspecified atom stereocenters. The van der Waals surface area contributed by atoms with Gasteiger partial charge in [0.15, 0.2) is 0 Å². The maximum absolute atomic E-state index is 3.49. The van der Waals surface area contributed by atoms with Crippen LogP contribution in [0.15, 0.2) is 29.6 Å². The molecule has 1 saturated heterocycles. The second-order valence-corrected chi connectivity index (χ2v) is 6.26. The van der Waals surface area contributed by atoms with Crippen molar-refractivity contribution in [3.05, 3.63) is 35.2 Å². The zero-order valence-electron chi connectivity index (χ0n) is 11.0. The number of thiophene rings is 1. The first-order chi connectivity index (χ1) is 8.77. The second-order valence-electron chi connectivity index (χ2n) is 5.35.